The summed E-state index contributed by atoms with van der Waals surface area (Å²) in [5.74, 6) is -4.10. The summed E-state index contributed by atoms with van der Waals surface area (Å²) >= 11 is 5.14. The third-order valence-electron chi connectivity index (χ3n) is 13.7. The highest BCUT2D eigenvalue weighted by atomic mass is 35.5. The van der Waals surface area contributed by atoms with Gasteiger partial charge in [-0.15, -0.1) is 0 Å². The number of aliphatic carboxylic acids is 1. The monoisotopic (exact) mass is 1090 g/mol. The van der Waals surface area contributed by atoms with Crippen molar-refractivity contribution in [2.75, 3.05) is 10.6 Å². The van der Waals surface area contributed by atoms with Crippen molar-refractivity contribution in [1.82, 2.24) is 39.5 Å². The van der Waals surface area contributed by atoms with E-state index in [1.165, 1.54) is 21.9 Å². The van der Waals surface area contributed by atoms with Crippen LogP contribution in [-0.2, 0) is 50.1 Å². The number of ether oxygens (including phenoxy) is 1. The number of carbonyl (C=O) groups excluding carboxylic acids is 3. The van der Waals surface area contributed by atoms with Crippen LogP contribution >= 0.6 is 11.6 Å². The molecule has 420 valence electrons. The van der Waals surface area contributed by atoms with Crippen molar-refractivity contribution < 1.29 is 55.4 Å². The molecule has 0 atom stereocenters. The molecule has 0 unspecified atom stereocenters. The van der Waals surface area contributed by atoms with E-state index in [1.54, 1.807) is 51.4 Å². The molecule has 5 aliphatic carbocycles. The first kappa shape index (κ1) is 61.2. The maximum Gasteiger partial charge on any atom is 0.306 e. The van der Waals surface area contributed by atoms with Crippen molar-refractivity contribution in [3.63, 3.8) is 0 Å². The third kappa shape index (κ3) is 19.7. The summed E-state index contributed by atoms with van der Waals surface area (Å²) < 4.78 is 87.7. The Morgan fingerprint density at radius 3 is 1.36 bits per heavy atom. The molecule has 4 aromatic rings. The van der Waals surface area contributed by atoms with Gasteiger partial charge in [-0.05, 0) is 115 Å². The molecular formula is C53H73ClF6N10O6. The van der Waals surface area contributed by atoms with Crippen molar-refractivity contribution in [3.05, 3.63) is 59.4 Å². The Kier molecular flexibility index (Phi) is 22.6. The van der Waals surface area contributed by atoms with Crippen molar-refractivity contribution in [2.45, 2.75) is 206 Å². The number of carboxylic acid groups (broad SMARTS) is 1. The van der Waals surface area contributed by atoms with Crippen LogP contribution in [0.3, 0.4) is 0 Å². The number of hydrogen-bond donors (Lipinski definition) is 3. The van der Waals surface area contributed by atoms with Crippen LogP contribution < -0.4 is 10.6 Å². The van der Waals surface area contributed by atoms with E-state index in [-0.39, 0.29) is 110 Å². The van der Waals surface area contributed by atoms with Crippen LogP contribution in [-0.4, -0.2) is 97.1 Å². The zero-order chi connectivity index (χ0) is 54.3. The van der Waals surface area contributed by atoms with Gasteiger partial charge in [0.2, 0.25) is 17.1 Å². The molecule has 0 spiro atoms. The second-order valence-corrected chi connectivity index (χ2v) is 21.4. The largest absolute Gasteiger partial charge is 0.481 e. The van der Waals surface area contributed by atoms with Gasteiger partial charge >= 0.3 is 11.9 Å². The Labute approximate surface area is 445 Å². The van der Waals surface area contributed by atoms with Gasteiger partial charge in [0.25, 0.3) is 11.9 Å². The lowest BCUT2D eigenvalue weighted by Gasteiger charge is -2.29. The molecule has 0 saturated heterocycles. The first-order valence-electron chi connectivity index (χ1n) is 26.0. The average molecular weight is 1100 g/mol. The van der Waals surface area contributed by atoms with Crippen LogP contribution in [0.25, 0.3) is 11.9 Å². The number of rotatable bonds is 17. The summed E-state index contributed by atoms with van der Waals surface area (Å²) in [6.07, 6.45) is 14.3. The van der Waals surface area contributed by atoms with E-state index in [0.29, 0.717) is 68.0 Å². The van der Waals surface area contributed by atoms with Crippen LogP contribution in [0.15, 0.2) is 36.7 Å². The molecule has 4 aromatic heterocycles. The number of carbonyl (C=O) groups is 4. The number of anilines is 2. The number of nitrogens with zero attached hydrogens (tertiary/aromatic N) is 8. The molecule has 16 nitrogen and oxygen atoms in total. The van der Waals surface area contributed by atoms with E-state index in [4.69, 9.17) is 21.4 Å². The number of aromatic nitrogens is 8. The van der Waals surface area contributed by atoms with Gasteiger partial charge in [0, 0.05) is 98.4 Å². The zero-order valence-electron chi connectivity index (χ0n) is 42.8. The van der Waals surface area contributed by atoms with Gasteiger partial charge in [-0.2, -0.15) is 20.2 Å². The smallest absolute Gasteiger partial charge is 0.306 e. The lowest BCUT2D eigenvalue weighted by atomic mass is 9.81. The normalized spacial score (nSPS) is 18.4. The molecule has 4 heterocycles. The summed E-state index contributed by atoms with van der Waals surface area (Å²) in [6.45, 7) is 3.98. The Balaban J connectivity index is 0.000000220. The van der Waals surface area contributed by atoms with Crippen LogP contribution in [0.1, 0.15) is 173 Å². The minimum atomic E-state index is -2.62. The summed E-state index contributed by atoms with van der Waals surface area (Å²) in [5, 5.41) is 22.7. The minimum Gasteiger partial charge on any atom is -0.481 e. The molecule has 0 amide bonds. The van der Waals surface area contributed by atoms with Crippen LogP contribution in [0.5, 0.6) is 0 Å². The number of aryl methyl sites for hydroxylation is 2. The molecule has 0 bridgehead atoms. The van der Waals surface area contributed by atoms with Gasteiger partial charge in [0.05, 0.1) is 23.7 Å². The molecule has 0 aromatic carbocycles. The third-order valence-corrected chi connectivity index (χ3v) is 14.0. The van der Waals surface area contributed by atoms with Crippen LogP contribution in [0.4, 0.5) is 38.0 Å². The number of nitrogens with one attached hydrogen (secondary N) is 2. The predicted molar refractivity (Wildman–Crippen MR) is 274 cm³/mol. The molecular weight excluding hydrogens is 1020 g/mol. The maximum atomic E-state index is 13.5. The topological polar surface area (TPSA) is 209 Å². The molecule has 0 radical (unpaired) electrons. The zero-order valence-corrected chi connectivity index (χ0v) is 43.6. The quantitative estimate of drug-likeness (QED) is 0.0511. The Morgan fingerprint density at radius 2 is 1.05 bits per heavy atom. The molecule has 23 heteroatoms. The van der Waals surface area contributed by atoms with Gasteiger partial charge in [-0.1, -0.05) is 26.7 Å². The fourth-order valence-corrected chi connectivity index (χ4v) is 8.77. The van der Waals surface area contributed by atoms with Crippen molar-refractivity contribution in [1.29, 1.82) is 0 Å². The molecule has 0 aliphatic heterocycles. The summed E-state index contributed by atoms with van der Waals surface area (Å²) in [7, 11) is 0. The number of Topliss-reactive ketones (excluding diaryl/α,β-unsaturated/α-hetero) is 1. The van der Waals surface area contributed by atoms with Gasteiger partial charge in [-0.3, -0.25) is 19.2 Å². The highest BCUT2D eigenvalue weighted by Gasteiger charge is 2.36. The second-order valence-electron chi connectivity index (χ2n) is 21.0. The highest BCUT2D eigenvalue weighted by molar-refractivity contribution is 6.64. The molecule has 5 fully saturated rings. The fourth-order valence-electron chi connectivity index (χ4n) is 8.55. The van der Waals surface area contributed by atoms with Crippen LogP contribution in [0.2, 0.25) is 0 Å². The van der Waals surface area contributed by atoms with E-state index in [2.05, 4.69) is 40.8 Å². The lowest BCUT2D eigenvalue weighted by Crippen LogP contribution is -2.32. The van der Waals surface area contributed by atoms with Crippen molar-refractivity contribution in [2.24, 2.45) is 17.8 Å². The fraction of sp³-hybridized carbons (Fsp3) is 0.660. The number of esters is 1. The van der Waals surface area contributed by atoms with Crippen molar-refractivity contribution in [3.8, 4) is 11.9 Å². The summed E-state index contributed by atoms with van der Waals surface area (Å²) in [4.78, 5) is 62.3. The molecule has 76 heavy (non-hydrogen) atoms. The van der Waals surface area contributed by atoms with E-state index < -0.39 is 36.8 Å². The maximum absolute atomic E-state index is 13.5. The van der Waals surface area contributed by atoms with Crippen molar-refractivity contribution >= 4 is 46.2 Å². The Bertz CT molecular complexity index is 2490. The molecule has 5 aliphatic rings. The van der Waals surface area contributed by atoms with E-state index in [1.807, 2.05) is 0 Å². The first-order valence-corrected chi connectivity index (χ1v) is 26.4. The standard InChI is InChI=1S/C21H28F3N5O2.C21H26F3N5O.C5H7ClO.C5H8O2.CH4/c1-20(2,3)31-18(30)5-4-15-12-17(25-14-6-9-21(23,24)10-7-14)27-19(26-15)29-11-8-16(13-22)28-29;22-13-17-8-11-29(28-17)20-26-16(4-5-18(30)14-2-1-3-14)12-19(27-20)25-15-6-9-21(23,24)10-7-15;2*6-5(7)4-2-1-3-4;/h8,11-12,14H,4-7,9-10,13H2,1-3H3,(H,25,26,27);8,11-12,14-15H,1-7,9-10,13H2,(H,25,26,27);4H,1-3H2;4H,1-3H2,(H,6,7);1H4. The molecule has 9 rings (SSSR count). The Hall–Kier alpha value is -5.67. The predicted octanol–water partition coefficient (Wildman–Crippen LogP) is 11.9. The number of halogens is 7. The van der Waals surface area contributed by atoms with E-state index in [0.717, 1.165) is 51.4 Å². The summed E-state index contributed by atoms with van der Waals surface area (Å²) in [6, 6.07) is 6.29. The summed E-state index contributed by atoms with van der Waals surface area (Å²) in [5.41, 5.74) is 1.17. The highest BCUT2D eigenvalue weighted by Crippen LogP contribution is 2.36. The van der Waals surface area contributed by atoms with Gasteiger partial charge < -0.3 is 20.5 Å². The van der Waals surface area contributed by atoms with Crippen LogP contribution in [0, 0.1) is 17.8 Å². The second kappa shape index (κ2) is 28.1. The first-order chi connectivity index (χ1) is 35.6. The SMILES string of the molecule is C.CC(C)(C)OC(=O)CCc1cc(NC2CCC(F)(F)CC2)nc(-n2ccc(CF)n2)n1.O=C(CCc1cc(NC2CCC(F)(F)CC2)nc(-n2ccc(CF)n2)n1)C1CCC1.O=C(Cl)C1CCC1.O=C(O)C1CCC1. The van der Waals surface area contributed by atoms with Gasteiger partial charge in [0.15, 0.2) is 0 Å². The molecule has 5 saturated carbocycles. The Morgan fingerprint density at radius 1 is 0.645 bits per heavy atom. The average Bonchev–Trinajstić information content (AvgIpc) is 3.98. The number of ketones is 1. The number of alkyl halides is 6. The van der Waals surface area contributed by atoms with Gasteiger partial charge in [0.1, 0.15) is 36.4 Å². The van der Waals surface area contributed by atoms with E-state index >= 15 is 0 Å². The van der Waals surface area contributed by atoms with E-state index in [9.17, 15) is 45.5 Å². The number of carboxylic acids is 1. The minimum absolute atomic E-state index is 0. The van der Waals surface area contributed by atoms with Gasteiger partial charge in [-0.25, -0.2) is 45.7 Å². The number of hydrogen-bond acceptors (Lipinski definition) is 13. The molecule has 3 N–H and O–H groups in total. The lowest BCUT2D eigenvalue weighted by molar-refractivity contribution is -0.154.